The van der Waals surface area contributed by atoms with Crippen molar-refractivity contribution in [3.63, 3.8) is 0 Å². The number of pyridine rings is 1. The molecule has 2 saturated heterocycles. The van der Waals surface area contributed by atoms with E-state index < -0.39 is 43.0 Å². The SMILES string of the molecule is O=CNC1=COC(c2ccnc(NCC(F)(F)F)c2)N1c1cn(C2CCN(Cc3ccc4c(c3)CN(C3CCC(=O)NC3=O)C4=O)CC2)nc1C(F)F. The van der Waals surface area contributed by atoms with Crippen LogP contribution in [0.3, 0.4) is 0 Å². The molecule has 0 spiro atoms. The first-order valence-electron chi connectivity index (χ1n) is 16.9. The molecular weight excluding hydrogens is 709 g/mol. The highest BCUT2D eigenvalue weighted by Crippen LogP contribution is 2.42. The van der Waals surface area contributed by atoms with Crippen molar-refractivity contribution in [2.75, 3.05) is 29.9 Å². The minimum atomic E-state index is -4.50. The van der Waals surface area contributed by atoms with Crippen molar-refractivity contribution in [3.8, 4) is 0 Å². The van der Waals surface area contributed by atoms with Crippen LogP contribution in [0.4, 0.5) is 33.5 Å². The molecule has 6 heterocycles. The number of aromatic nitrogens is 3. The van der Waals surface area contributed by atoms with E-state index in [1.54, 1.807) is 6.07 Å². The van der Waals surface area contributed by atoms with Gasteiger partial charge in [-0.05, 0) is 48.6 Å². The molecule has 0 saturated carbocycles. The number of anilines is 2. The van der Waals surface area contributed by atoms with Crippen LogP contribution in [0, 0.1) is 0 Å². The fraction of sp³-hybridized carbons (Fsp3) is 0.412. The molecule has 4 amide bonds. The van der Waals surface area contributed by atoms with Gasteiger partial charge in [-0.25, -0.2) is 13.8 Å². The summed E-state index contributed by atoms with van der Waals surface area (Å²) in [5.74, 6) is -1.15. The van der Waals surface area contributed by atoms with Crippen LogP contribution in [-0.2, 0) is 32.2 Å². The van der Waals surface area contributed by atoms with E-state index in [9.17, 15) is 41.1 Å². The molecule has 2 unspecified atom stereocenters. The third-order valence-corrected chi connectivity index (χ3v) is 9.68. The van der Waals surface area contributed by atoms with Crippen LogP contribution in [-0.4, -0.2) is 80.5 Å². The Balaban J connectivity index is 1.03. The van der Waals surface area contributed by atoms with Gasteiger partial charge in [-0.3, -0.25) is 39.0 Å². The fourth-order valence-corrected chi connectivity index (χ4v) is 7.16. The number of alkyl halides is 5. The van der Waals surface area contributed by atoms with Crippen LogP contribution in [0.15, 0.2) is 54.8 Å². The maximum atomic E-state index is 14.5. The minimum Gasteiger partial charge on any atom is -0.470 e. The predicted molar refractivity (Wildman–Crippen MR) is 176 cm³/mol. The Labute approximate surface area is 298 Å². The minimum absolute atomic E-state index is 0.0270. The van der Waals surface area contributed by atoms with E-state index >= 15 is 0 Å². The monoisotopic (exact) mass is 743 g/mol. The first-order valence-corrected chi connectivity index (χ1v) is 16.9. The van der Waals surface area contributed by atoms with Crippen molar-refractivity contribution in [2.24, 2.45) is 0 Å². The van der Waals surface area contributed by atoms with Gasteiger partial charge >= 0.3 is 6.18 Å². The number of benzene rings is 1. The van der Waals surface area contributed by atoms with Crippen LogP contribution in [0.1, 0.15) is 77.1 Å². The van der Waals surface area contributed by atoms with Crippen LogP contribution in [0.25, 0.3) is 0 Å². The average molecular weight is 744 g/mol. The average Bonchev–Trinajstić information content (AvgIpc) is 3.83. The number of nitrogens with zero attached hydrogens (tertiary/aromatic N) is 6. The number of hydrogen-bond donors (Lipinski definition) is 3. The highest BCUT2D eigenvalue weighted by molar-refractivity contribution is 6.05. The lowest BCUT2D eigenvalue weighted by Crippen LogP contribution is -2.52. The summed E-state index contributed by atoms with van der Waals surface area (Å²) in [7, 11) is 0. The summed E-state index contributed by atoms with van der Waals surface area (Å²) in [4.78, 5) is 57.4. The number of ether oxygens (including phenoxy) is 1. The fourth-order valence-electron chi connectivity index (χ4n) is 7.16. The molecule has 2 atom stereocenters. The zero-order chi connectivity index (χ0) is 37.4. The van der Waals surface area contributed by atoms with Crippen molar-refractivity contribution < 1.29 is 45.9 Å². The summed E-state index contributed by atoms with van der Waals surface area (Å²) in [6.07, 6.45) is -2.83. The van der Waals surface area contributed by atoms with Gasteiger partial charge in [0, 0.05) is 56.1 Å². The third-order valence-electron chi connectivity index (χ3n) is 9.68. The summed E-state index contributed by atoms with van der Waals surface area (Å²) >= 11 is 0. The molecule has 7 rings (SSSR count). The smallest absolute Gasteiger partial charge is 0.405 e. The first kappa shape index (κ1) is 35.8. The number of fused-ring (bicyclic) bond motifs is 1. The highest BCUT2D eigenvalue weighted by Gasteiger charge is 2.40. The lowest BCUT2D eigenvalue weighted by molar-refractivity contribution is -0.137. The van der Waals surface area contributed by atoms with Crippen molar-refractivity contribution in [1.82, 2.24) is 35.2 Å². The van der Waals surface area contributed by atoms with Crippen molar-refractivity contribution in [2.45, 2.75) is 69.7 Å². The van der Waals surface area contributed by atoms with Gasteiger partial charge in [0.05, 0.1) is 11.7 Å². The van der Waals surface area contributed by atoms with E-state index in [0.29, 0.717) is 44.4 Å². The molecule has 2 fully saturated rings. The Morgan fingerprint density at radius 3 is 2.58 bits per heavy atom. The summed E-state index contributed by atoms with van der Waals surface area (Å²) in [5, 5.41) is 11.2. The van der Waals surface area contributed by atoms with Gasteiger partial charge in [-0.1, -0.05) is 12.1 Å². The number of nitrogens with one attached hydrogen (secondary N) is 3. The number of likely N-dealkylation sites (tertiary alicyclic amines) is 1. The van der Waals surface area contributed by atoms with Crippen LogP contribution < -0.4 is 20.9 Å². The normalized spacial score (nSPS) is 21.1. The maximum absolute atomic E-state index is 14.5. The van der Waals surface area contributed by atoms with Crippen LogP contribution in [0.2, 0.25) is 0 Å². The van der Waals surface area contributed by atoms with Crippen molar-refractivity contribution >= 4 is 35.6 Å². The van der Waals surface area contributed by atoms with Gasteiger partial charge in [-0.15, -0.1) is 0 Å². The number of piperidine rings is 2. The van der Waals surface area contributed by atoms with Crippen LogP contribution in [0.5, 0.6) is 0 Å². The third kappa shape index (κ3) is 7.51. The number of halogens is 5. The second-order valence-electron chi connectivity index (χ2n) is 13.1. The Kier molecular flexibility index (Phi) is 9.75. The largest absolute Gasteiger partial charge is 0.470 e. The van der Waals surface area contributed by atoms with Gasteiger partial charge in [0.15, 0.2) is 11.5 Å². The summed E-state index contributed by atoms with van der Waals surface area (Å²) in [6.45, 7) is 0.726. The van der Waals surface area contributed by atoms with Gasteiger partial charge in [0.1, 0.15) is 24.7 Å². The molecule has 280 valence electrons. The molecule has 3 N–H and O–H groups in total. The second-order valence-corrected chi connectivity index (χ2v) is 13.1. The zero-order valence-corrected chi connectivity index (χ0v) is 28.0. The summed E-state index contributed by atoms with van der Waals surface area (Å²) in [6, 6.07) is 7.40. The predicted octanol–water partition coefficient (Wildman–Crippen LogP) is 3.87. The molecule has 2 aromatic heterocycles. The Morgan fingerprint density at radius 2 is 1.87 bits per heavy atom. The molecule has 0 radical (unpaired) electrons. The lowest BCUT2D eigenvalue weighted by atomic mass is 10.0. The summed E-state index contributed by atoms with van der Waals surface area (Å²) in [5.41, 5.74) is 1.96. The second kappa shape index (κ2) is 14.4. The topological polar surface area (TPSA) is 154 Å². The summed E-state index contributed by atoms with van der Waals surface area (Å²) < 4.78 is 74.7. The van der Waals surface area contributed by atoms with E-state index in [1.807, 2.05) is 12.1 Å². The van der Waals surface area contributed by atoms with Gasteiger partial charge in [-0.2, -0.15) is 18.3 Å². The Hall–Kier alpha value is -5.59. The maximum Gasteiger partial charge on any atom is 0.405 e. The molecule has 0 bridgehead atoms. The van der Waals surface area contributed by atoms with Gasteiger partial charge in [0.25, 0.3) is 12.3 Å². The van der Waals surface area contributed by atoms with E-state index in [-0.39, 0.29) is 60.1 Å². The van der Waals surface area contributed by atoms with Crippen molar-refractivity contribution in [3.05, 3.63) is 82.8 Å². The van der Waals surface area contributed by atoms with E-state index in [4.69, 9.17) is 4.74 Å². The van der Waals surface area contributed by atoms with E-state index in [0.717, 1.165) is 17.4 Å². The first-order chi connectivity index (χ1) is 25.4. The Bertz CT molecular complexity index is 1950. The quantitative estimate of drug-likeness (QED) is 0.150. The molecule has 3 aromatic rings. The number of imide groups is 1. The molecule has 4 aliphatic heterocycles. The molecule has 4 aliphatic rings. The number of carbonyl (C=O) groups excluding carboxylic acids is 4. The molecule has 1 aromatic carbocycles. The highest BCUT2D eigenvalue weighted by atomic mass is 19.4. The van der Waals surface area contributed by atoms with Crippen molar-refractivity contribution in [1.29, 1.82) is 0 Å². The molecule has 0 aliphatic carbocycles. The Morgan fingerprint density at radius 1 is 1.08 bits per heavy atom. The number of rotatable bonds is 11. The van der Waals surface area contributed by atoms with E-state index in [1.165, 1.54) is 39.0 Å². The standard InChI is InChI=1S/C34H34F5N9O5/c35-30(36)29-25(48-27(42-18-49)16-53-33(48)20-5-8-40-26(12-20)41-17-34(37,38)39)15-47(44-29)22-6-9-45(10-7-22)13-19-1-2-23-21(11-19)14-46(32(23)52)24-3-4-28(50)43-31(24)51/h1-2,5,8,11-12,15-16,18,22,24,30,33H,3-4,6-7,9-10,13-14,17H2,(H,40,41)(H,42,49)(H,43,50,51). The number of carbonyl (C=O) groups is 4. The van der Waals surface area contributed by atoms with Gasteiger partial charge < -0.3 is 20.3 Å². The van der Waals surface area contributed by atoms with Gasteiger partial charge in [0.2, 0.25) is 24.5 Å². The zero-order valence-electron chi connectivity index (χ0n) is 28.0. The molecular formula is C34H34F5N9O5. The van der Waals surface area contributed by atoms with Crippen LogP contribution >= 0.6 is 0 Å². The molecule has 19 heteroatoms. The molecule has 53 heavy (non-hydrogen) atoms. The van der Waals surface area contributed by atoms with E-state index in [2.05, 4.69) is 30.9 Å². The number of amides is 4. The molecule has 14 nitrogen and oxygen atoms in total. The lowest BCUT2D eigenvalue weighted by Gasteiger charge is -2.32. The number of hydrogen-bond acceptors (Lipinski definition) is 10.